The average Bonchev–Trinajstić information content (AvgIpc) is 2.88. The summed E-state index contributed by atoms with van der Waals surface area (Å²) in [4.78, 5) is 14.9. The summed E-state index contributed by atoms with van der Waals surface area (Å²) in [6.07, 6.45) is 23.4. The molecule has 0 unspecified atom stereocenters. The molecule has 2 N–H and O–H groups in total. The predicted octanol–water partition coefficient (Wildman–Crippen LogP) is 6.91. The summed E-state index contributed by atoms with van der Waals surface area (Å²) >= 11 is 0. The normalized spacial score (nSPS) is 11.1. The van der Waals surface area contributed by atoms with Gasteiger partial charge in [0.25, 0.3) is 0 Å². The van der Waals surface area contributed by atoms with E-state index in [2.05, 4.69) is 36.3 Å². The molecule has 0 atom stereocenters. The standard InChI is InChI=1S/C31H56N2O2/c1-4-5-6-7-8-9-10-11-12-13-14-15-16-17-18-19-20-31(34)33(28-26-32-2)27-25-29-21-23-30(35-3)24-22-29/h21-24,32H,4-20,25-28H2,1-3H3/p+1. The Morgan fingerprint density at radius 3 is 1.69 bits per heavy atom. The first-order valence-electron chi connectivity index (χ1n) is 14.9. The Labute approximate surface area is 217 Å². The van der Waals surface area contributed by atoms with Gasteiger partial charge in [0.05, 0.1) is 27.2 Å². The van der Waals surface area contributed by atoms with Gasteiger partial charge in [-0.15, -0.1) is 0 Å². The lowest BCUT2D eigenvalue weighted by atomic mass is 10.0. The van der Waals surface area contributed by atoms with E-state index in [1.54, 1.807) is 7.11 Å². The first-order valence-corrected chi connectivity index (χ1v) is 14.9. The fourth-order valence-electron chi connectivity index (χ4n) is 4.68. The van der Waals surface area contributed by atoms with Crippen LogP contribution >= 0.6 is 0 Å². The van der Waals surface area contributed by atoms with Gasteiger partial charge in [-0.05, 0) is 30.5 Å². The average molecular weight is 490 g/mol. The van der Waals surface area contributed by atoms with E-state index in [0.29, 0.717) is 12.3 Å². The fourth-order valence-corrected chi connectivity index (χ4v) is 4.68. The van der Waals surface area contributed by atoms with E-state index in [1.807, 2.05) is 12.1 Å². The highest BCUT2D eigenvalue weighted by molar-refractivity contribution is 5.76. The van der Waals surface area contributed by atoms with Crippen molar-refractivity contribution < 1.29 is 14.8 Å². The van der Waals surface area contributed by atoms with Gasteiger partial charge in [0, 0.05) is 13.0 Å². The number of carbonyl (C=O) groups excluding carboxylic acids is 1. The van der Waals surface area contributed by atoms with Gasteiger partial charge in [-0.25, -0.2) is 0 Å². The number of likely N-dealkylation sites (N-methyl/N-ethyl adjacent to an activating group) is 1. The molecule has 0 saturated heterocycles. The van der Waals surface area contributed by atoms with Crippen LogP contribution in [0.2, 0.25) is 0 Å². The number of nitrogens with two attached hydrogens (primary N) is 1. The van der Waals surface area contributed by atoms with E-state index in [0.717, 1.165) is 38.2 Å². The van der Waals surface area contributed by atoms with E-state index in [9.17, 15) is 4.79 Å². The number of ether oxygens (including phenoxy) is 1. The third kappa shape index (κ3) is 17.5. The molecule has 1 aromatic rings. The van der Waals surface area contributed by atoms with E-state index in [4.69, 9.17) is 4.74 Å². The van der Waals surface area contributed by atoms with Crippen LogP contribution in [0, 0.1) is 0 Å². The summed E-state index contributed by atoms with van der Waals surface area (Å²) in [6.45, 7) is 4.89. The first-order chi connectivity index (χ1) is 17.2. The Hall–Kier alpha value is -1.55. The van der Waals surface area contributed by atoms with Crippen LogP contribution in [0.25, 0.3) is 0 Å². The first kappa shape index (κ1) is 31.5. The lowest BCUT2D eigenvalue weighted by Gasteiger charge is -2.22. The minimum absolute atomic E-state index is 0.325. The zero-order valence-electron chi connectivity index (χ0n) is 23.5. The molecule has 0 saturated carbocycles. The number of amides is 1. The number of rotatable bonds is 24. The van der Waals surface area contributed by atoms with Crippen molar-refractivity contribution in [3.63, 3.8) is 0 Å². The molecule has 1 amide bonds. The van der Waals surface area contributed by atoms with Crippen molar-refractivity contribution in [2.75, 3.05) is 33.8 Å². The molecule has 1 rings (SSSR count). The van der Waals surface area contributed by atoms with Crippen LogP contribution in [0.4, 0.5) is 0 Å². The van der Waals surface area contributed by atoms with Gasteiger partial charge in [0.2, 0.25) is 5.91 Å². The van der Waals surface area contributed by atoms with Crippen LogP contribution in [0.15, 0.2) is 24.3 Å². The highest BCUT2D eigenvalue weighted by Gasteiger charge is 2.13. The van der Waals surface area contributed by atoms with E-state index < -0.39 is 0 Å². The van der Waals surface area contributed by atoms with Gasteiger partial charge in [0.15, 0.2) is 0 Å². The molecule has 202 valence electrons. The van der Waals surface area contributed by atoms with Crippen molar-refractivity contribution in [3.05, 3.63) is 29.8 Å². The molecular formula is C31H57N2O2+. The number of quaternary nitrogens is 1. The molecule has 4 heteroatoms. The summed E-state index contributed by atoms with van der Waals surface area (Å²) in [5.41, 5.74) is 1.26. The molecule has 0 aliphatic rings. The van der Waals surface area contributed by atoms with Crippen LogP contribution in [0.5, 0.6) is 5.75 Å². The molecule has 0 aliphatic heterocycles. The van der Waals surface area contributed by atoms with Crippen molar-refractivity contribution >= 4 is 5.91 Å². The molecular weight excluding hydrogens is 432 g/mol. The van der Waals surface area contributed by atoms with Crippen LogP contribution in [-0.2, 0) is 11.2 Å². The quantitative estimate of drug-likeness (QED) is 0.160. The van der Waals surface area contributed by atoms with E-state index in [1.165, 1.54) is 102 Å². The number of hydrogen-bond donors (Lipinski definition) is 1. The Bertz CT molecular complexity index is 603. The molecule has 0 aromatic heterocycles. The predicted molar refractivity (Wildman–Crippen MR) is 150 cm³/mol. The van der Waals surface area contributed by atoms with Crippen LogP contribution in [0.3, 0.4) is 0 Å². The number of methoxy groups -OCH3 is 1. The largest absolute Gasteiger partial charge is 0.497 e. The number of hydrogen-bond acceptors (Lipinski definition) is 2. The molecule has 35 heavy (non-hydrogen) atoms. The summed E-state index contributed by atoms with van der Waals surface area (Å²) in [5, 5.41) is 2.16. The molecule has 0 aliphatic carbocycles. The minimum atomic E-state index is 0.325. The van der Waals surface area contributed by atoms with Crippen LogP contribution < -0.4 is 10.1 Å². The SMILES string of the molecule is CCCCCCCCCCCCCCCCCCC(=O)N(CC[NH2+]C)CCc1ccc(OC)cc1. The maximum absolute atomic E-state index is 12.8. The smallest absolute Gasteiger partial charge is 0.222 e. The topological polar surface area (TPSA) is 46.2 Å². The van der Waals surface area contributed by atoms with Crippen LogP contribution in [-0.4, -0.2) is 44.6 Å². The lowest BCUT2D eigenvalue weighted by molar-refractivity contribution is -0.626. The molecule has 0 bridgehead atoms. The molecule has 0 spiro atoms. The summed E-state index contributed by atoms with van der Waals surface area (Å²) in [7, 11) is 3.76. The second kappa shape index (κ2) is 22.9. The molecule has 1 aromatic carbocycles. The Balaban J connectivity index is 2.03. The molecule has 0 radical (unpaired) electrons. The summed E-state index contributed by atoms with van der Waals surface area (Å²) in [5.74, 6) is 1.21. The van der Waals surface area contributed by atoms with E-state index >= 15 is 0 Å². The van der Waals surface area contributed by atoms with Gasteiger partial charge >= 0.3 is 0 Å². The molecule has 0 heterocycles. The van der Waals surface area contributed by atoms with Gasteiger partial charge < -0.3 is 15.0 Å². The Kier molecular flexibility index (Phi) is 20.6. The maximum atomic E-state index is 12.8. The Morgan fingerprint density at radius 1 is 0.743 bits per heavy atom. The second-order valence-corrected chi connectivity index (χ2v) is 10.2. The van der Waals surface area contributed by atoms with Gasteiger partial charge in [-0.2, -0.15) is 0 Å². The van der Waals surface area contributed by atoms with Crippen LogP contribution in [0.1, 0.15) is 122 Å². The third-order valence-electron chi connectivity index (χ3n) is 7.11. The van der Waals surface area contributed by atoms with Crippen molar-refractivity contribution in [1.82, 2.24) is 4.90 Å². The highest BCUT2D eigenvalue weighted by Crippen LogP contribution is 2.15. The van der Waals surface area contributed by atoms with Gasteiger partial charge in [-0.1, -0.05) is 115 Å². The molecule has 0 fully saturated rings. The highest BCUT2D eigenvalue weighted by atomic mass is 16.5. The van der Waals surface area contributed by atoms with Gasteiger partial charge in [-0.3, -0.25) is 4.79 Å². The second-order valence-electron chi connectivity index (χ2n) is 10.2. The van der Waals surface area contributed by atoms with Gasteiger partial charge in [0.1, 0.15) is 5.75 Å². The monoisotopic (exact) mass is 489 g/mol. The third-order valence-corrected chi connectivity index (χ3v) is 7.11. The fraction of sp³-hybridized carbons (Fsp3) is 0.774. The number of carbonyl (C=O) groups is 1. The maximum Gasteiger partial charge on any atom is 0.222 e. The zero-order chi connectivity index (χ0) is 25.4. The van der Waals surface area contributed by atoms with Crippen molar-refractivity contribution in [3.8, 4) is 5.75 Å². The van der Waals surface area contributed by atoms with Crippen molar-refractivity contribution in [2.45, 2.75) is 122 Å². The van der Waals surface area contributed by atoms with Crippen molar-refractivity contribution in [1.29, 1.82) is 0 Å². The minimum Gasteiger partial charge on any atom is -0.497 e. The summed E-state index contributed by atoms with van der Waals surface area (Å²) in [6, 6.07) is 8.20. The summed E-state index contributed by atoms with van der Waals surface area (Å²) < 4.78 is 5.24. The van der Waals surface area contributed by atoms with Crippen molar-refractivity contribution in [2.24, 2.45) is 0 Å². The molecule has 4 nitrogen and oxygen atoms in total. The Morgan fingerprint density at radius 2 is 1.23 bits per heavy atom. The number of nitrogens with zero attached hydrogens (tertiary/aromatic N) is 1. The number of benzene rings is 1. The number of unbranched alkanes of at least 4 members (excludes halogenated alkanes) is 15. The zero-order valence-corrected chi connectivity index (χ0v) is 23.5. The van der Waals surface area contributed by atoms with E-state index in [-0.39, 0.29) is 0 Å². The lowest BCUT2D eigenvalue weighted by Crippen LogP contribution is -2.81.